The lowest BCUT2D eigenvalue weighted by atomic mass is 10.1. The maximum atomic E-state index is 3.82. The predicted octanol–water partition coefficient (Wildman–Crippen LogP) is 6.02. The van der Waals surface area contributed by atoms with Crippen LogP contribution in [0.2, 0.25) is 0 Å². The normalized spacial score (nSPS) is 12.4. The van der Waals surface area contributed by atoms with E-state index in [1.165, 1.54) is 44.9 Å². The SMILES string of the molecule is [CH2]CCC/C=C/C=C/C=C/CCCCCCC. The van der Waals surface area contributed by atoms with Gasteiger partial charge < -0.3 is 0 Å². The van der Waals surface area contributed by atoms with Crippen molar-refractivity contribution in [3.8, 4) is 0 Å². The summed E-state index contributed by atoms with van der Waals surface area (Å²) in [5.74, 6) is 0. The molecule has 0 heteroatoms. The van der Waals surface area contributed by atoms with Gasteiger partial charge in [-0.2, -0.15) is 0 Å². The summed E-state index contributed by atoms with van der Waals surface area (Å²) in [4.78, 5) is 0. The highest BCUT2D eigenvalue weighted by Gasteiger charge is 1.85. The van der Waals surface area contributed by atoms with Gasteiger partial charge >= 0.3 is 0 Å². The van der Waals surface area contributed by atoms with E-state index in [0.717, 1.165) is 12.8 Å². The summed E-state index contributed by atoms with van der Waals surface area (Å²) in [6.07, 6.45) is 24.4. The van der Waals surface area contributed by atoms with Crippen LogP contribution in [0.25, 0.3) is 0 Å². The molecule has 0 aromatic heterocycles. The first-order chi connectivity index (χ1) is 8.41. The molecule has 0 nitrogen and oxygen atoms in total. The molecule has 0 bridgehead atoms. The van der Waals surface area contributed by atoms with Crippen LogP contribution in [0.3, 0.4) is 0 Å². The lowest BCUT2D eigenvalue weighted by Crippen LogP contribution is -1.75. The van der Waals surface area contributed by atoms with Crippen molar-refractivity contribution in [2.24, 2.45) is 0 Å². The third kappa shape index (κ3) is 15.2. The smallest absolute Gasteiger partial charge is 0.0348 e. The summed E-state index contributed by atoms with van der Waals surface area (Å²) in [6.45, 7) is 6.08. The van der Waals surface area contributed by atoms with Gasteiger partial charge in [0.25, 0.3) is 0 Å². The van der Waals surface area contributed by atoms with E-state index in [1.54, 1.807) is 0 Å². The van der Waals surface area contributed by atoms with E-state index in [0.29, 0.717) is 0 Å². The largest absolute Gasteiger partial charge is 0.0845 e. The second kappa shape index (κ2) is 15.2. The fourth-order valence-electron chi connectivity index (χ4n) is 1.61. The van der Waals surface area contributed by atoms with Gasteiger partial charge in [0, 0.05) is 0 Å². The minimum absolute atomic E-state index is 1.03. The molecule has 0 heterocycles. The molecule has 1 radical (unpaired) electrons. The van der Waals surface area contributed by atoms with E-state index in [-0.39, 0.29) is 0 Å². The molecule has 0 saturated carbocycles. The molecule has 0 aliphatic carbocycles. The van der Waals surface area contributed by atoms with Crippen LogP contribution in [0.5, 0.6) is 0 Å². The average Bonchev–Trinajstić information content (AvgIpc) is 2.35. The summed E-state index contributed by atoms with van der Waals surface area (Å²) in [5, 5.41) is 0. The van der Waals surface area contributed by atoms with Crippen LogP contribution < -0.4 is 0 Å². The van der Waals surface area contributed by atoms with E-state index < -0.39 is 0 Å². The van der Waals surface area contributed by atoms with Crippen LogP contribution >= 0.6 is 0 Å². The minimum atomic E-state index is 1.03. The van der Waals surface area contributed by atoms with E-state index in [2.05, 4.69) is 50.3 Å². The highest BCUT2D eigenvalue weighted by Crippen LogP contribution is 2.05. The molecule has 0 rings (SSSR count). The summed E-state index contributed by atoms with van der Waals surface area (Å²) >= 11 is 0. The number of hydrogen-bond acceptors (Lipinski definition) is 0. The molecule has 0 aliphatic rings. The molecule has 97 valence electrons. The molecule has 0 N–H and O–H groups in total. The molecule has 0 aliphatic heterocycles. The molecule has 0 aromatic carbocycles. The summed E-state index contributed by atoms with van der Waals surface area (Å²) in [5.41, 5.74) is 0. The van der Waals surface area contributed by atoms with Crippen molar-refractivity contribution in [3.05, 3.63) is 43.4 Å². The Morgan fingerprint density at radius 2 is 1.29 bits per heavy atom. The fraction of sp³-hybridized carbons (Fsp3) is 0.588. The number of unbranched alkanes of at least 4 members (excludes halogenated alkanes) is 7. The zero-order valence-electron chi connectivity index (χ0n) is 11.5. The first kappa shape index (κ1) is 16.2. The van der Waals surface area contributed by atoms with Crippen molar-refractivity contribution < 1.29 is 0 Å². The molecule has 0 saturated heterocycles. The van der Waals surface area contributed by atoms with Crippen molar-refractivity contribution >= 4 is 0 Å². The summed E-state index contributed by atoms with van der Waals surface area (Å²) < 4.78 is 0. The Morgan fingerprint density at radius 1 is 0.706 bits per heavy atom. The van der Waals surface area contributed by atoms with Gasteiger partial charge in [0.05, 0.1) is 0 Å². The van der Waals surface area contributed by atoms with Crippen molar-refractivity contribution in [2.45, 2.75) is 64.7 Å². The quantitative estimate of drug-likeness (QED) is 0.302. The van der Waals surface area contributed by atoms with Crippen molar-refractivity contribution in [2.75, 3.05) is 0 Å². The zero-order chi connectivity index (χ0) is 12.6. The number of hydrogen-bond donors (Lipinski definition) is 0. The van der Waals surface area contributed by atoms with Crippen molar-refractivity contribution in [1.82, 2.24) is 0 Å². The monoisotopic (exact) mass is 233 g/mol. The molecule has 17 heavy (non-hydrogen) atoms. The van der Waals surface area contributed by atoms with Crippen LogP contribution in [0.15, 0.2) is 36.5 Å². The predicted molar refractivity (Wildman–Crippen MR) is 80.0 cm³/mol. The number of allylic oxidation sites excluding steroid dienone is 6. The fourth-order valence-corrected chi connectivity index (χ4v) is 1.61. The molecular formula is C17H29. The van der Waals surface area contributed by atoms with E-state index >= 15 is 0 Å². The molecule has 0 unspecified atom stereocenters. The Balaban J connectivity index is 3.28. The van der Waals surface area contributed by atoms with Crippen LogP contribution in [0, 0.1) is 6.92 Å². The zero-order valence-corrected chi connectivity index (χ0v) is 11.5. The van der Waals surface area contributed by atoms with Crippen LogP contribution in [0.4, 0.5) is 0 Å². The Labute approximate surface area is 109 Å². The Morgan fingerprint density at radius 3 is 1.88 bits per heavy atom. The van der Waals surface area contributed by atoms with Gasteiger partial charge in [0.15, 0.2) is 0 Å². The van der Waals surface area contributed by atoms with Gasteiger partial charge in [-0.05, 0) is 25.7 Å². The second-order valence-corrected chi connectivity index (χ2v) is 4.44. The molecular weight excluding hydrogens is 204 g/mol. The third-order valence-corrected chi connectivity index (χ3v) is 2.70. The van der Waals surface area contributed by atoms with Gasteiger partial charge in [0.1, 0.15) is 0 Å². The molecule has 0 spiro atoms. The van der Waals surface area contributed by atoms with Gasteiger partial charge in [0.2, 0.25) is 0 Å². The summed E-state index contributed by atoms with van der Waals surface area (Å²) in [6, 6.07) is 0. The third-order valence-electron chi connectivity index (χ3n) is 2.70. The van der Waals surface area contributed by atoms with Crippen LogP contribution in [0.1, 0.15) is 64.7 Å². The molecule has 0 fully saturated rings. The Hall–Kier alpha value is -0.780. The maximum absolute atomic E-state index is 3.82. The minimum Gasteiger partial charge on any atom is -0.0845 e. The standard InChI is InChI=1S/C17H29/c1-3-5-7-9-11-13-15-17-16-14-12-10-8-6-4-2/h9,11,13,15-17H,1,3-8,10,12,14H2,2H3/b11-9+,15-13+,17-16+. The van der Waals surface area contributed by atoms with E-state index in [4.69, 9.17) is 0 Å². The molecule has 0 atom stereocenters. The van der Waals surface area contributed by atoms with Crippen LogP contribution in [-0.2, 0) is 0 Å². The topological polar surface area (TPSA) is 0 Å². The highest BCUT2D eigenvalue weighted by molar-refractivity contribution is 5.10. The lowest BCUT2D eigenvalue weighted by molar-refractivity contribution is 0.637. The maximum Gasteiger partial charge on any atom is -0.0348 e. The summed E-state index contributed by atoms with van der Waals surface area (Å²) in [7, 11) is 0. The lowest BCUT2D eigenvalue weighted by Gasteiger charge is -1.95. The van der Waals surface area contributed by atoms with Gasteiger partial charge in [-0.25, -0.2) is 0 Å². The van der Waals surface area contributed by atoms with E-state index in [9.17, 15) is 0 Å². The molecule has 0 aromatic rings. The average molecular weight is 233 g/mol. The number of rotatable bonds is 11. The Bertz CT molecular complexity index is 208. The second-order valence-electron chi connectivity index (χ2n) is 4.44. The van der Waals surface area contributed by atoms with Gasteiger partial charge in [-0.15, -0.1) is 0 Å². The molecule has 0 amide bonds. The first-order valence-electron chi connectivity index (χ1n) is 7.19. The van der Waals surface area contributed by atoms with Crippen molar-refractivity contribution in [1.29, 1.82) is 0 Å². The van der Waals surface area contributed by atoms with E-state index in [1.807, 2.05) is 0 Å². The first-order valence-corrected chi connectivity index (χ1v) is 7.19. The highest BCUT2D eigenvalue weighted by atomic mass is 13.9. The van der Waals surface area contributed by atoms with Crippen molar-refractivity contribution in [3.63, 3.8) is 0 Å². The van der Waals surface area contributed by atoms with Gasteiger partial charge in [-0.3, -0.25) is 0 Å². The van der Waals surface area contributed by atoms with Crippen LogP contribution in [-0.4, -0.2) is 0 Å². The van der Waals surface area contributed by atoms with Gasteiger partial charge in [-0.1, -0.05) is 82.4 Å². The Kier molecular flexibility index (Phi) is 14.5.